The van der Waals surface area contributed by atoms with E-state index in [2.05, 4.69) is 0 Å². The smallest absolute Gasteiger partial charge is 0.410 e. The van der Waals surface area contributed by atoms with Crippen LogP contribution in [0.1, 0.15) is 22.8 Å². The molecule has 0 aliphatic carbocycles. The number of nitrogens with zero attached hydrogens (tertiary/aromatic N) is 2. The number of benzene rings is 2. The second-order valence-corrected chi connectivity index (χ2v) is 8.45. The van der Waals surface area contributed by atoms with E-state index in [1.54, 1.807) is 0 Å². The molecular formula is C20H22N2O5S. The third-order valence-electron chi connectivity index (χ3n) is 4.60. The predicted octanol–water partition coefficient (Wildman–Crippen LogP) is 2.53. The summed E-state index contributed by atoms with van der Waals surface area (Å²) in [7, 11) is -3.67. The van der Waals surface area contributed by atoms with Crippen LogP contribution in [-0.4, -0.2) is 55.7 Å². The zero-order valence-corrected chi connectivity index (χ0v) is 16.4. The summed E-state index contributed by atoms with van der Waals surface area (Å²) in [5, 5.41) is 0. The standard InChI is InChI=1S/C20H22N2O5S/c1-16(23)18-7-9-19(10-8-18)28(25,26)22-13-11-21(12-14-22)20(24)27-15-17-5-3-2-4-6-17/h2-10H,11-15H2,1H3. The van der Waals surface area contributed by atoms with Crippen molar-refractivity contribution in [2.45, 2.75) is 18.4 Å². The summed E-state index contributed by atoms with van der Waals surface area (Å²) in [6.07, 6.45) is -0.452. The Kier molecular flexibility index (Phi) is 6.11. The first-order chi connectivity index (χ1) is 13.4. The lowest BCUT2D eigenvalue weighted by molar-refractivity contribution is 0.0838. The van der Waals surface area contributed by atoms with Gasteiger partial charge in [0.2, 0.25) is 10.0 Å². The zero-order valence-electron chi connectivity index (χ0n) is 15.6. The normalized spacial score (nSPS) is 15.2. The van der Waals surface area contributed by atoms with Crippen molar-refractivity contribution in [3.05, 3.63) is 65.7 Å². The van der Waals surface area contributed by atoms with Crippen molar-refractivity contribution in [1.82, 2.24) is 9.21 Å². The van der Waals surface area contributed by atoms with Crippen LogP contribution < -0.4 is 0 Å². The first kappa shape index (κ1) is 20.0. The molecule has 1 saturated heterocycles. The molecule has 0 radical (unpaired) electrons. The van der Waals surface area contributed by atoms with Gasteiger partial charge in [0.15, 0.2) is 5.78 Å². The molecule has 28 heavy (non-hydrogen) atoms. The third kappa shape index (κ3) is 4.58. The quantitative estimate of drug-likeness (QED) is 0.718. The van der Waals surface area contributed by atoms with Crippen molar-refractivity contribution in [2.75, 3.05) is 26.2 Å². The van der Waals surface area contributed by atoms with Crippen molar-refractivity contribution >= 4 is 21.9 Å². The van der Waals surface area contributed by atoms with Crippen molar-refractivity contribution in [2.24, 2.45) is 0 Å². The third-order valence-corrected chi connectivity index (χ3v) is 6.51. The summed E-state index contributed by atoms with van der Waals surface area (Å²) in [4.78, 5) is 25.2. The Morgan fingerprint density at radius 3 is 2.11 bits per heavy atom. The van der Waals surface area contributed by atoms with E-state index in [1.807, 2.05) is 30.3 Å². The maximum Gasteiger partial charge on any atom is 0.410 e. The Morgan fingerprint density at radius 1 is 0.929 bits per heavy atom. The van der Waals surface area contributed by atoms with E-state index < -0.39 is 16.1 Å². The Balaban J connectivity index is 1.56. The van der Waals surface area contributed by atoms with Crippen molar-refractivity contribution in [1.29, 1.82) is 0 Å². The van der Waals surface area contributed by atoms with Crippen LogP contribution in [0.3, 0.4) is 0 Å². The highest BCUT2D eigenvalue weighted by atomic mass is 32.2. The van der Waals surface area contributed by atoms with Gasteiger partial charge in [-0.3, -0.25) is 4.79 Å². The Morgan fingerprint density at radius 2 is 1.54 bits per heavy atom. The lowest BCUT2D eigenvalue weighted by Crippen LogP contribution is -2.50. The van der Waals surface area contributed by atoms with Crippen molar-refractivity contribution < 1.29 is 22.7 Å². The van der Waals surface area contributed by atoms with Gasteiger partial charge >= 0.3 is 6.09 Å². The van der Waals surface area contributed by atoms with E-state index in [4.69, 9.17) is 4.74 Å². The van der Waals surface area contributed by atoms with Gasteiger partial charge in [-0.2, -0.15) is 4.31 Å². The van der Waals surface area contributed by atoms with Crippen LogP contribution in [0.2, 0.25) is 0 Å². The molecule has 0 spiro atoms. The van der Waals surface area contributed by atoms with E-state index >= 15 is 0 Å². The maximum absolute atomic E-state index is 12.8. The molecule has 0 unspecified atom stereocenters. The first-order valence-electron chi connectivity index (χ1n) is 8.95. The molecule has 2 aromatic rings. The summed E-state index contributed by atoms with van der Waals surface area (Å²) in [6, 6.07) is 15.3. The second kappa shape index (κ2) is 8.53. The summed E-state index contributed by atoms with van der Waals surface area (Å²) < 4.78 is 32.2. The van der Waals surface area contributed by atoms with Gasteiger partial charge < -0.3 is 9.64 Å². The molecule has 1 heterocycles. The Bertz CT molecular complexity index is 934. The molecule has 0 atom stereocenters. The van der Waals surface area contributed by atoms with Crippen LogP contribution in [0.4, 0.5) is 4.79 Å². The number of ether oxygens (including phenoxy) is 1. The fourth-order valence-corrected chi connectivity index (χ4v) is 4.35. The lowest BCUT2D eigenvalue weighted by atomic mass is 10.2. The van der Waals surface area contributed by atoms with Gasteiger partial charge in [0.25, 0.3) is 0 Å². The number of carbonyl (C=O) groups is 2. The van der Waals surface area contributed by atoms with Crippen LogP contribution in [-0.2, 0) is 21.4 Å². The van der Waals surface area contributed by atoms with Crippen LogP contribution in [0.25, 0.3) is 0 Å². The number of sulfonamides is 1. The largest absolute Gasteiger partial charge is 0.445 e. The molecular weight excluding hydrogens is 380 g/mol. The van der Waals surface area contributed by atoms with Crippen LogP contribution >= 0.6 is 0 Å². The number of rotatable bonds is 5. The molecule has 3 rings (SSSR count). The van der Waals surface area contributed by atoms with Gasteiger partial charge in [-0.15, -0.1) is 0 Å². The molecule has 1 aliphatic heterocycles. The zero-order chi connectivity index (χ0) is 20.1. The molecule has 1 amide bonds. The first-order valence-corrected chi connectivity index (χ1v) is 10.4. The number of amides is 1. The number of Topliss-reactive ketones (excluding diaryl/α,β-unsaturated/α-hetero) is 1. The number of piperazine rings is 1. The highest BCUT2D eigenvalue weighted by Crippen LogP contribution is 2.19. The SMILES string of the molecule is CC(=O)c1ccc(S(=O)(=O)N2CCN(C(=O)OCc3ccccc3)CC2)cc1. The minimum Gasteiger partial charge on any atom is -0.445 e. The topological polar surface area (TPSA) is 84.0 Å². The van der Waals surface area contributed by atoms with E-state index in [0.29, 0.717) is 5.56 Å². The monoisotopic (exact) mass is 402 g/mol. The highest BCUT2D eigenvalue weighted by Gasteiger charge is 2.30. The summed E-state index contributed by atoms with van der Waals surface area (Å²) in [5.74, 6) is -0.119. The fraction of sp³-hybridized carbons (Fsp3) is 0.300. The summed E-state index contributed by atoms with van der Waals surface area (Å²) in [5.41, 5.74) is 1.36. The lowest BCUT2D eigenvalue weighted by Gasteiger charge is -2.33. The van der Waals surface area contributed by atoms with Gasteiger partial charge in [-0.1, -0.05) is 42.5 Å². The van der Waals surface area contributed by atoms with Crippen molar-refractivity contribution in [3.8, 4) is 0 Å². The van der Waals surface area contributed by atoms with Crippen LogP contribution in [0.15, 0.2) is 59.5 Å². The minimum absolute atomic E-state index is 0.119. The number of hydrogen-bond acceptors (Lipinski definition) is 5. The molecule has 148 valence electrons. The molecule has 1 fully saturated rings. The molecule has 2 aromatic carbocycles. The van der Waals surface area contributed by atoms with E-state index in [9.17, 15) is 18.0 Å². The number of hydrogen-bond donors (Lipinski definition) is 0. The Hall–Kier alpha value is -2.71. The van der Waals surface area contributed by atoms with E-state index in [-0.39, 0.29) is 43.5 Å². The highest BCUT2D eigenvalue weighted by molar-refractivity contribution is 7.89. The number of carbonyl (C=O) groups excluding carboxylic acids is 2. The van der Waals surface area contributed by atoms with Gasteiger partial charge in [-0.25, -0.2) is 13.2 Å². The van der Waals surface area contributed by atoms with Crippen molar-refractivity contribution in [3.63, 3.8) is 0 Å². The van der Waals surface area contributed by atoms with Gasteiger partial charge in [0.05, 0.1) is 4.90 Å². The summed E-state index contributed by atoms with van der Waals surface area (Å²) in [6.45, 7) is 2.52. The van der Waals surface area contributed by atoms with Gasteiger partial charge in [0.1, 0.15) is 6.61 Å². The molecule has 0 N–H and O–H groups in total. The summed E-state index contributed by atoms with van der Waals surface area (Å²) >= 11 is 0. The molecule has 1 aliphatic rings. The molecule has 0 bridgehead atoms. The van der Waals surface area contributed by atoms with E-state index in [0.717, 1.165) is 5.56 Å². The Labute approximate surface area is 164 Å². The second-order valence-electron chi connectivity index (χ2n) is 6.51. The van der Waals surface area contributed by atoms with Crippen LogP contribution in [0.5, 0.6) is 0 Å². The fourth-order valence-electron chi connectivity index (χ4n) is 2.93. The van der Waals surface area contributed by atoms with E-state index in [1.165, 1.54) is 40.4 Å². The maximum atomic E-state index is 12.8. The number of ketones is 1. The minimum atomic E-state index is -3.67. The predicted molar refractivity (Wildman–Crippen MR) is 103 cm³/mol. The molecule has 7 nitrogen and oxygen atoms in total. The van der Waals surface area contributed by atoms with Gasteiger partial charge in [0, 0.05) is 31.7 Å². The molecule has 8 heteroatoms. The van der Waals surface area contributed by atoms with Crippen LogP contribution in [0, 0.1) is 0 Å². The average Bonchev–Trinajstić information content (AvgIpc) is 2.73. The van der Waals surface area contributed by atoms with Gasteiger partial charge in [-0.05, 0) is 24.6 Å². The molecule has 0 aromatic heterocycles. The molecule has 0 saturated carbocycles. The average molecular weight is 402 g/mol.